The van der Waals surface area contributed by atoms with Gasteiger partial charge in [-0.1, -0.05) is 0 Å². The molecule has 0 aromatic carbocycles. The average Bonchev–Trinajstić information content (AvgIpc) is 2.93. The first kappa shape index (κ1) is 13.5. The molecule has 2 aromatic rings. The Morgan fingerprint density at radius 3 is 2.89 bits per heavy atom. The van der Waals surface area contributed by atoms with Crippen LogP contribution < -0.4 is 5.32 Å². The zero-order chi connectivity index (χ0) is 13.8. The molecule has 0 saturated heterocycles. The van der Waals surface area contributed by atoms with Gasteiger partial charge < -0.3 is 19.2 Å². The third kappa shape index (κ3) is 3.11. The summed E-state index contributed by atoms with van der Waals surface area (Å²) in [7, 11) is 3.62. The fourth-order valence-corrected chi connectivity index (χ4v) is 1.96. The van der Waals surface area contributed by atoms with Crippen LogP contribution in [-0.4, -0.2) is 38.0 Å². The maximum Gasteiger partial charge on any atom is 0.203 e. The summed E-state index contributed by atoms with van der Waals surface area (Å²) in [6.07, 6.45) is 3.70. The molecule has 0 saturated carbocycles. The van der Waals surface area contributed by atoms with Gasteiger partial charge in [0.25, 0.3) is 0 Å². The smallest absolute Gasteiger partial charge is 0.203 e. The lowest BCUT2D eigenvalue weighted by molar-refractivity contribution is 0.187. The second kappa shape index (κ2) is 5.83. The molecule has 0 aliphatic heterocycles. The quantitative estimate of drug-likeness (QED) is 0.847. The Hall–Kier alpha value is -1.89. The minimum atomic E-state index is 0.0376. The highest BCUT2D eigenvalue weighted by Gasteiger charge is 2.14. The van der Waals surface area contributed by atoms with Crippen molar-refractivity contribution in [2.24, 2.45) is 7.05 Å². The van der Waals surface area contributed by atoms with E-state index in [1.54, 1.807) is 13.4 Å². The maximum atomic E-state index is 5.10. The number of imidazole rings is 1. The van der Waals surface area contributed by atoms with Crippen LogP contribution in [0.2, 0.25) is 0 Å². The summed E-state index contributed by atoms with van der Waals surface area (Å²) in [6, 6.07) is 0.0376. The highest BCUT2D eigenvalue weighted by atomic mass is 16.5. The molecule has 0 amide bonds. The van der Waals surface area contributed by atoms with Crippen molar-refractivity contribution in [3.63, 3.8) is 0 Å². The largest absolute Gasteiger partial charge is 0.383 e. The summed E-state index contributed by atoms with van der Waals surface area (Å²) >= 11 is 0. The molecule has 2 aromatic heterocycles. The van der Waals surface area contributed by atoms with Crippen LogP contribution in [0.3, 0.4) is 0 Å². The van der Waals surface area contributed by atoms with Crippen LogP contribution in [0.5, 0.6) is 0 Å². The molecule has 7 nitrogen and oxygen atoms in total. The minimum Gasteiger partial charge on any atom is -0.383 e. The molecule has 1 atom stereocenters. The number of rotatable bonds is 6. The molecule has 0 bridgehead atoms. The van der Waals surface area contributed by atoms with E-state index in [1.807, 2.05) is 36.2 Å². The molecule has 0 spiro atoms. The van der Waals surface area contributed by atoms with Crippen LogP contribution in [0.25, 0.3) is 0 Å². The normalized spacial score (nSPS) is 12.6. The Kier molecular flexibility index (Phi) is 4.16. The van der Waals surface area contributed by atoms with Crippen molar-refractivity contribution in [2.75, 3.05) is 19.0 Å². The number of ether oxygens (including phenoxy) is 1. The van der Waals surface area contributed by atoms with Crippen molar-refractivity contribution in [1.82, 2.24) is 24.3 Å². The van der Waals surface area contributed by atoms with E-state index in [9.17, 15) is 0 Å². The second-order valence-corrected chi connectivity index (χ2v) is 4.56. The van der Waals surface area contributed by atoms with E-state index >= 15 is 0 Å². The SMILES string of the molecule is COCCn1cc(C)nc1NC(C)c1nncn1C. The number of hydrogen-bond donors (Lipinski definition) is 1. The van der Waals surface area contributed by atoms with Crippen LogP contribution in [0.1, 0.15) is 24.5 Å². The van der Waals surface area contributed by atoms with Gasteiger partial charge in [0, 0.05) is 26.9 Å². The number of nitrogens with one attached hydrogen (secondary N) is 1. The molecular weight excluding hydrogens is 244 g/mol. The molecule has 0 aliphatic carbocycles. The van der Waals surface area contributed by atoms with E-state index in [-0.39, 0.29) is 6.04 Å². The summed E-state index contributed by atoms with van der Waals surface area (Å²) in [6.45, 7) is 5.43. The lowest BCUT2D eigenvalue weighted by Gasteiger charge is -2.15. The van der Waals surface area contributed by atoms with E-state index in [0.29, 0.717) is 6.61 Å². The van der Waals surface area contributed by atoms with E-state index < -0.39 is 0 Å². The summed E-state index contributed by atoms with van der Waals surface area (Å²) in [5, 5.41) is 11.3. The summed E-state index contributed by atoms with van der Waals surface area (Å²) < 4.78 is 9.05. The van der Waals surface area contributed by atoms with E-state index in [1.165, 1.54) is 0 Å². The molecule has 0 aliphatic rings. The minimum absolute atomic E-state index is 0.0376. The molecular formula is C12H20N6O. The topological polar surface area (TPSA) is 69.8 Å². The Morgan fingerprint density at radius 1 is 1.47 bits per heavy atom. The van der Waals surface area contributed by atoms with Crippen LogP contribution in [0.15, 0.2) is 12.5 Å². The van der Waals surface area contributed by atoms with Gasteiger partial charge in [-0.05, 0) is 13.8 Å². The first-order valence-electron chi connectivity index (χ1n) is 6.25. The molecule has 2 rings (SSSR count). The highest BCUT2D eigenvalue weighted by molar-refractivity contribution is 5.31. The van der Waals surface area contributed by atoms with Crippen LogP contribution in [0, 0.1) is 6.92 Å². The third-order valence-electron chi connectivity index (χ3n) is 2.91. The first-order valence-corrected chi connectivity index (χ1v) is 6.25. The van der Waals surface area contributed by atoms with Crippen molar-refractivity contribution < 1.29 is 4.74 Å². The lowest BCUT2D eigenvalue weighted by Crippen LogP contribution is -2.16. The Morgan fingerprint density at radius 2 is 2.26 bits per heavy atom. The predicted molar refractivity (Wildman–Crippen MR) is 71.9 cm³/mol. The second-order valence-electron chi connectivity index (χ2n) is 4.56. The Bertz CT molecular complexity index is 532. The van der Waals surface area contributed by atoms with Gasteiger partial charge in [0.1, 0.15) is 6.33 Å². The molecule has 1 unspecified atom stereocenters. The van der Waals surface area contributed by atoms with Gasteiger partial charge in [-0.2, -0.15) is 0 Å². The fraction of sp³-hybridized carbons (Fsp3) is 0.583. The van der Waals surface area contributed by atoms with Crippen LogP contribution in [-0.2, 0) is 18.3 Å². The third-order valence-corrected chi connectivity index (χ3v) is 2.91. The zero-order valence-corrected chi connectivity index (χ0v) is 11.8. The van der Waals surface area contributed by atoms with Gasteiger partial charge in [0.15, 0.2) is 5.82 Å². The molecule has 104 valence electrons. The van der Waals surface area contributed by atoms with Crippen LogP contribution >= 0.6 is 0 Å². The standard InChI is InChI=1S/C12H20N6O/c1-9-7-18(5-6-19-4)12(14-9)15-10(2)11-16-13-8-17(11)3/h7-8,10H,5-6H2,1-4H3,(H,14,15). The van der Waals surface area contributed by atoms with Gasteiger partial charge in [-0.15, -0.1) is 10.2 Å². The van der Waals surface area contributed by atoms with Gasteiger partial charge in [-0.25, -0.2) is 4.98 Å². The number of hydrogen-bond acceptors (Lipinski definition) is 5. The van der Waals surface area contributed by atoms with Gasteiger partial charge in [0.2, 0.25) is 5.95 Å². The lowest BCUT2D eigenvalue weighted by atomic mass is 10.3. The molecule has 1 N–H and O–H groups in total. The van der Waals surface area contributed by atoms with Gasteiger partial charge in [0.05, 0.1) is 18.3 Å². The Labute approximate surface area is 112 Å². The Balaban J connectivity index is 2.12. The maximum absolute atomic E-state index is 5.10. The summed E-state index contributed by atoms with van der Waals surface area (Å²) in [5.74, 6) is 1.70. The summed E-state index contributed by atoms with van der Waals surface area (Å²) in [5.41, 5.74) is 0.976. The average molecular weight is 264 g/mol. The fourth-order valence-electron chi connectivity index (χ4n) is 1.96. The molecule has 2 heterocycles. The van der Waals surface area contributed by atoms with Crippen molar-refractivity contribution >= 4 is 5.95 Å². The van der Waals surface area contributed by atoms with Gasteiger partial charge >= 0.3 is 0 Å². The van der Waals surface area contributed by atoms with E-state index in [2.05, 4.69) is 20.5 Å². The first-order chi connectivity index (χ1) is 9.11. The zero-order valence-electron chi connectivity index (χ0n) is 11.8. The van der Waals surface area contributed by atoms with Gasteiger partial charge in [-0.3, -0.25) is 0 Å². The van der Waals surface area contributed by atoms with E-state index in [0.717, 1.165) is 24.0 Å². The van der Waals surface area contributed by atoms with Crippen molar-refractivity contribution in [2.45, 2.75) is 26.4 Å². The molecule has 0 fully saturated rings. The highest BCUT2D eigenvalue weighted by Crippen LogP contribution is 2.16. The summed E-state index contributed by atoms with van der Waals surface area (Å²) in [4.78, 5) is 4.48. The number of nitrogens with zero attached hydrogens (tertiary/aromatic N) is 5. The molecule has 0 radical (unpaired) electrons. The number of aromatic nitrogens is 5. The number of methoxy groups -OCH3 is 1. The molecule has 7 heteroatoms. The van der Waals surface area contributed by atoms with Crippen molar-refractivity contribution in [1.29, 1.82) is 0 Å². The van der Waals surface area contributed by atoms with Crippen molar-refractivity contribution in [3.8, 4) is 0 Å². The monoisotopic (exact) mass is 264 g/mol. The van der Waals surface area contributed by atoms with Crippen molar-refractivity contribution in [3.05, 3.63) is 24.0 Å². The van der Waals surface area contributed by atoms with Crippen LogP contribution in [0.4, 0.5) is 5.95 Å². The number of anilines is 1. The molecule has 19 heavy (non-hydrogen) atoms. The number of aryl methyl sites for hydroxylation is 2. The van der Waals surface area contributed by atoms with E-state index in [4.69, 9.17) is 4.74 Å². The predicted octanol–water partition coefficient (Wildman–Crippen LogP) is 1.14.